The molecule has 14 heavy (non-hydrogen) atoms. The van der Waals surface area contributed by atoms with Crippen molar-refractivity contribution in [1.29, 1.82) is 0 Å². The molecule has 84 valence electrons. The van der Waals surface area contributed by atoms with Crippen molar-refractivity contribution in [1.82, 2.24) is 0 Å². The van der Waals surface area contributed by atoms with Crippen LogP contribution >= 0.6 is 8.60 Å². The third-order valence-electron chi connectivity index (χ3n) is 2.09. The predicted octanol–water partition coefficient (Wildman–Crippen LogP) is 2.22. The largest absolute Gasteiger partial charge is 0.376 e. The third kappa shape index (κ3) is 5.23. The van der Waals surface area contributed by atoms with Crippen LogP contribution in [-0.4, -0.2) is 30.8 Å². The van der Waals surface area contributed by atoms with Crippen LogP contribution in [0.4, 0.5) is 0 Å². The molecule has 1 heterocycles. The maximum absolute atomic E-state index is 9.30. The van der Waals surface area contributed by atoms with Gasteiger partial charge >= 0.3 is 8.60 Å². The van der Waals surface area contributed by atoms with Gasteiger partial charge < -0.3 is 18.7 Å². The van der Waals surface area contributed by atoms with Crippen LogP contribution in [0.3, 0.4) is 0 Å². The van der Waals surface area contributed by atoms with E-state index in [4.69, 9.17) is 13.8 Å². The zero-order valence-electron chi connectivity index (χ0n) is 8.65. The summed E-state index contributed by atoms with van der Waals surface area (Å²) in [5, 5.41) is 0. The molecule has 2 unspecified atom stereocenters. The summed E-state index contributed by atoms with van der Waals surface area (Å²) in [4.78, 5) is 9.30. The Morgan fingerprint density at radius 1 is 1.50 bits per heavy atom. The Morgan fingerprint density at radius 2 is 2.36 bits per heavy atom. The minimum absolute atomic E-state index is 0.155. The number of ether oxygens (including phenoxy) is 1. The summed E-state index contributed by atoms with van der Waals surface area (Å²) in [7, 11) is -1.69. The Labute approximate surface area is 86.5 Å². The summed E-state index contributed by atoms with van der Waals surface area (Å²) in [5.74, 6) is 0. The molecule has 2 atom stereocenters. The van der Waals surface area contributed by atoms with Crippen molar-refractivity contribution in [3.05, 3.63) is 0 Å². The molecule has 1 aliphatic rings. The van der Waals surface area contributed by atoms with Gasteiger partial charge in [-0.3, -0.25) is 0 Å². The van der Waals surface area contributed by atoms with Gasteiger partial charge in [0.15, 0.2) is 0 Å². The van der Waals surface area contributed by atoms with E-state index in [1.807, 2.05) is 0 Å². The van der Waals surface area contributed by atoms with Gasteiger partial charge in [0.2, 0.25) is 0 Å². The Bertz CT molecular complexity index is 139. The maximum atomic E-state index is 9.30. The van der Waals surface area contributed by atoms with Crippen LogP contribution in [-0.2, 0) is 13.8 Å². The molecule has 5 heteroatoms. The quantitative estimate of drug-likeness (QED) is 0.530. The molecule has 1 N–H and O–H groups in total. The molecule has 0 saturated carbocycles. The lowest BCUT2D eigenvalue weighted by Gasteiger charge is -2.13. The second kappa shape index (κ2) is 7.55. The predicted molar refractivity (Wildman–Crippen MR) is 54.9 cm³/mol. The highest BCUT2D eigenvalue weighted by Crippen LogP contribution is 2.33. The van der Waals surface area contributed by atoms with Crippen molar-refractivity contribution in [3.8, 4) is 0 Å². The number of hydrogen-bond acceptors (Lipinski definition) is 4. The van der Waals surface area contributed by atoms with Crippen molar-refractivity contribution in [2.45, 2.75) is 38.7 Å². The zero-order valence-corrected chi connectivity index (χ0v) is 9.54. The van der Waals surface area contributed by atoms with Crippen molar-refractivity contribution < 1.29 is 18.7 Å². The first kappa shape index (κ1) is 12.3. The number of unbranched alkanes of at least 4 members (excludes halogenated alkanes) is 1. The molecular weight excluding hydrogens is 203 g/mol. The first-order valence-electron chi connectivity index (χ1n) is 5.19. The molecule has 0 aromatic heterocycles. The Kier molecular flexibility index (Phi) is 6.65. The molecule has 1 fully saturated rings. The monoisotopic (exact) mass is 222 g/mol. The lowest BCUT2D eigenvalue weighted by molar-refractivity contribution is 0.0588. The van der Waals surface area contributed by atoms with Gasteiger partial charge in [0.1, 0.15) is 0 Å². The van der Waals surface area contributed by atoms with Gasteiger partial charge in [0.25, 0.3) is 0 Å². The van der Waals surface area contributed by atoms with Crippen molar-refractivity contribution in [2.75, 3.05) is 19.8 Å². The van der Waals surface area contributed by atoms with E-state index < -0.39 is 8.60 Å². The summed E-state index contributed by atoms with van der Waals surface area (Å²) < 4.78 is 15.6. The van der Waals surface area contributed by atoms with E-state index >= 15 is 0 Å². The number of hydrogen-bond donors (Lipinski definition) is 1. The first-order valence-corrected chi connectivity index (χ1v) is 6.32. The second-order valence-corrected chi connectivity index (χ2v) is 4.35. The summed E-state index contributed by atoms with van der Waals surface area (Å²) in [6.45, 7) is 3.92. The molecule has 0 radical (unpaired) electrons. The minimum atomic E-state index is -1.69. The zero-order chi connectivity index (χ0) is 10.2. The second-order valence-electron chi connectivity index (χ2n) is 3.36. The normalized spacial score (nSPS) is 24.0. The van der Waals surface area contributed by atoms with Crippen molar-refractivity contribution >= 4 is 8.60 Å². The molecule has 1 aliphatic heterocycles. The smallest absolute Gasteiger partial charge is 0.329 e. The van der Waals surface area contributed by atoms with Gasteiger partial charge in [-0.25, -0.2) is 0 Å². The van der Waals surface area contributed by atoms with Crippen LogP contribution in [0.5, 0.6) is 0 Å². The van der Waals surface area contributed by atoms with Gasteiger partial charge in [-0.05, 0) is 19.3 Å². The average Bonchev–Trinajstić information content (AvgIpc) is 2.68. The maximum Gasteiger partial charge on any atom is 0.329 e. The first-order chi connectivity index (χ1) is 6.83. The van der Waals surface area contributed by atoms with Gasteiger partial charge in [0, 0.05) is 6.61 Å². The standard InChI is InChI=1S/C9H19O4P/c1-2-3-7-12-14(10)13-8-9-5-4-6-11-9/h9-10H,2-8H2,1H3. The molecule has 0 amide bonds. The SMILES string of the molecule is CCCCOP(O)OCC1CCCO1. The Balaban J connectivity index is 1.93. The third-order valence-corrected chi connectivity index (χ3v) is 2.87. The van der Waals surface area contributed by atoms with Gasteiger partial charge in [-0.1, -0.05) is 13.3 Å². The molecule has 4 nitrogen and oxygen atoms in total. The lowest BCUT2D eigenvalue weighted by Crippen LogP contribution is -2.12. The molecule has 0 aromatic carbocycles. The highest BCUT2D eigenvalue weighted by molar-refractivity contribution is 7.40. The van der Waals surface area contributed by atoms with Gasteiger partial charge in [-0.2, -0.15) is 0 Å². The lowest BCUT2D eigenvalue weighted by atomic mass is 10.2. The van der Waals surface area contributed by atoms with E-state index in [1.54, 1.807) is 0 Å². The fourth-order valence-electron chi connectivity index (χ4n) is 1.25. The van der Waals surface area contributed by atoms with Crippen LogP contribution in [0.2, 0.25) is 0 Å². The fraction of sp³-hybridized carbons (Fsp3) is 1.00. The van der Waals surface area contributed by atoms with Crippen LogP contribution in [0.1, 0.15) is 32.6 Å². The van der Waals surface area contributed by atoms with E-state index in [2.05, 4.69) is 6.92 Å². The van der Waals surface area contributed by atoms with Crippen LogP contribution in [0.25, 0.3) is 0 Å². The summed E-state index contributed by atoms with van der Waals surface area (Å²) in [6, 6.07) is 0. The Morgan fingerprint density at radius 3 is 3.00 bits per heavy atom. The number of rotatable bonds is 7. The van der Waals surface area contributed by atoms with Gasteiger partial charge in [0.05, 0.1) is 19.3 Å². The van der Waals surface area contributed by atoms with E-state index in [-0.39, 0.29) is 6.10 Å². The molecule has 0 bridgehead atoms. The van der Waals surface area contributed by atoms with Gasteiger partial charge in [-0.15, -0.1) is 0 Å². The van der Waals surface area contributed by atoms with E-state index in [9.17, 15) is 4.89 Å². The summed E-state index contributed by atoms with van der Waals surface area (Å²) in [6.07, 6.45) is 4.30. The summed E-state index contributed by atoms with van der Waals surface area (Å²) >= 11 is 0. The van der Waals surface area contributed by atoms with Crippen molar-refractivity contribution in [2.24, 2.45) is 0 Å². The van der Waals surface area contributed by atoms with Crippen LogP contribution in [0.15, 0.2) is 0 Å². The Hall–Kier alpha value is 0.270. The summed E-state index contributed by atoms with van der Waals surface area (Å²) in [5.41, 5.74) is 0. The fourth-order valence-corrected chi connectivity index (χ4v) is 1.90. The molecule has 1 saturated heterocycles. The van der Waals surface area contributed by atoms with E-state index in [1.165, 1.54) is 0 Å². The van der Waals surface area contributed by atoms with Crippen molar-refractivity contribution in [3.63, 3.8) is 0 Å². The van der Waals surface area contributed by atoms with E-state index in [0.29, 0.717) is 13.2 Å². The topological polar surface area (TPSA) is 47.9 Å². The molecule has 0 aromatic rings. The molecule has 1 rings (SSSR count). The molecule has 0 spiro atoms. The minimum Gasteiger partial charge on any atom is -0.376 e. The van der Waals surface area contributed by atoms with E-state index in [0.717, 1.165) is 32.3 Å². The highest BCUT2D eigenvalue weighted by Gasteiger charge is 2.18. The average molecular weight is 222 g/mol. The van der Waals surface area contributed by atoms with Crippen LogP contribution < -0.4 is 0 Å². The molecule has 0 aliphatic carbocycles. The van der Waals surface area contributed by atoms with Crippen LogP contribution in [0, 0.1) is 0 Å². The highest BCUT2D eigenvalue weighted by atomic mass is 31.2. The molecular formula is C9H19O4P.